The highest BCUT2D eigenvalue weighted by Gasteiger charge is 2.45. The summed E-state index contributed by atoms with van der Waals surface area (Å²) in [7, 11) is 1.46. The first-order valence-electron chi connectivity index (χ1n) is 17.4. The summed E-state index contributed by atoms with van der Waals surface area (Å²) in [5.74, 6) is 0.216. The molecule has 14 heteroatoms. The van der Waals surface area contributed by atoms with Gasteiger partial charge in [0.05, 0.1) is 52.2 Å². The Morgan fingerprint density at radius 1 is 0.943 bits per heavy atom. The third kappa shape index (κ3) is 9.04. The Balaban J connectivity index is 1.60. The third-order valence-corrected chi connectivity index (χ3v) is 11.1. The number of methoxy groups -OCH3 is 2. The molecule has 4 atom stereocenters. The summed E-state index contributed by atoms with van der Waals surface area (Å²) >= 11 is 0. The van der Waals surface area contributed by atoms with Gasteiger partial charge in [0.25, 0.3) is 14.1 Å². The van der Waals surface area contributed by atoms with Crippen LogP contribution in [0.3, 0.4) is 0 Å². The molecule has 4 aromatic rings. The van der Waals surface area contributed by atoms with Crippen molar-refractivity contribution in [1.29, 1.82) is 5.26 Å². The van der Waals surface area contributed by atoms with Gasteiger partial charge in [-0.25, -0.2) is 9.46 Å². The predicted molar refractivity (Wildman–Crippen MR) is 198 cm³/mol. The quantitative estimate of drug-likeness (QED) is 0.0710. The van der Waals surface area contributed by atoms with Crippen molar-refractivity contribution in [3.05, 3.63) is 128 Å². The molecule has 4 unspecified atom stereocenters. The van der Waals surface area contributed by atoms with Crippen molar-refractivity contribution < 1.29 is 32.4 Å². The molecule has 2 heterocycles. The van der Waals surface area contributed by atoms with Gasteiger partial charge in [-0.15, -0.1) is 0 Å². The van der Waals surface area contributed by atoms with Crippen LogP contribution >= 0.6 is 8.53 Å². The summed E-state index contributed by atoms with van der Waals surface area (Å²) in [6.07, 6.45) is -1.44. The van der Waals surface area contributed by atoms with E-state index < -0.39 is 49.6 Å². The highest BCUT2D eigenvalue weighted by atomic mass is 31.2. The van der Waals surface area contributed by atoms with E-state index >= 15 is 0 Å². The average Bonchev–Trinajstić information content (AvgIpc) is 3.56. The smallest absolute Gasteiger partial charge is 0.330 e. The second-order valence-electron chi connectivity index (χ2n) is 13.0. The minimum atomic E-state index is -1.74. The van der Waals surface area contributed by atoms with Crippen LogP contribution in [-0.4, -0.2) is 65.9 Å². The van der Waals surface area contributed by atoms with Gasteiger partial charge in [0.1, 0.15) is 29.4 Å². The van der Waals surface area contributed by atoms with E-state index in [2.05, 4.69) is 10.7 Å². The number of nitrogens with zero attached hydrogens (tertiary/aromatic N) is 3. The van der Waals surface area contributed by atoms with E-state index in [-0.39, 0.29) is 38.1 Å². The number of hydrogen-bond donors (Lipinski definition) is 1. The zero-order valence-electron chi connectivity index (χ0n) is 30.7. The van der Waals surface area contributed by atoms with E-state index in [0.717, 1.165) is 27.5 Å². The van der Waals surface area contributed by atoms with Crippen molar-refractivity contribution >= 4 is 8.53 Å². The molecule has 12 nitrogen and oxygen atoms in total. The number of benzene rings is 3. The average molecular weight is 749 g/mol. The van der Waals surface area contributed by atoms with Crippen LogP contribution < -0.4 is 20.7 Å². The Hall–Kier alpha value is -4.41. The number of H-pyrrole nitrogens is 1. The monoisotopic (exact) mass is 748 g/mol. The normalized spacial score (nSPS) is 18.0. The van der Waals surface area contributed by atoms with Gasteiger partial charge >= 0.3 is 5.69 Å². The highest BCUT2D eigenvalue weighted by molar-refractivity contribution is 7.44. The van der Waals surface area contributed by atoms with E-state index in [0.29, 0.717) is 11.5 Å². The SMILES string of the molecule is COc1ccc(C(OCC2OC(n3cc(F)c(=O)[nH]c3=O)CC2OP(OCCC#N)N(C(C)C)C(C)C)(c2ccccc2)c2ccc(OC)cc2)cc1. The Kier molecular flexibility index (Phi) is 13.6. The molecule has 0 radical (unpaired) electrons. The van der Waals surface area contributed by atoms with Gasteiger partial charge in [0.15, 0.2) is 0 Å². The topological polar surface area (TPSA) is 137 Å². The minimum Gasteiger partial charge on any atom is -0.497 e. The summed E-state index contributed by atoms with van der Waals surface area (Å²) in [4.78, 5) is 26.9. The van der Waals surface area contributed by atoms with E-state index in [1.807, 2.05) is 112 Å². The van der Waals surface area contributed by atoms with E-state index in [4.69, 9.17) is 28.0 Å². The molecule has 0 aliphatic carbocycles. The maximum Gasteiger partial charge on any atom is 0.330 e. The predicted octanol–water partition coefficient (Wildman–Crippen LogP) is 6.65. The van der Waals surface area contributed by atoms with Gasteiger partial charge in [-0.1, -0.05) is 54.6 Å². The van der Waals surface area contributed by atoms with Gasteiger partial charge in [0.2, 0.25) is 5.82 Å². The summed E-state index contributed by atoms with van der Waals surface area (Å²) in [6, 6.07) is 27.1. The second-order valence-corrected chi connectivity index (χ2v) is 14.4. The zero-order valence-corrected chi connectivity index (χ0v) is 31.6. The Labute approximate surface area is 310 Å². The van der Waals surface area contributed by atoms with Crippen molar-refractivity contribution in [1.82, 2.24) is 14.2 Å². The fraction of sp³-hybridized carbons (Fsp3) is 0.410. The van der Waals surface area contributed by atoms with E-state index in [1.165, 1.54) is 0 Å². The van der Waals surface area contributed by atoms with Crippen LogP contribution in [0.5, 0.6) is 11.5 Å². The van der Waals surface area contributed by atoms with Gasteiger partial charge in [-0.2, -0.15) is 9.65 Å². The molecule has 1 saturated heterocycles. The molecule has 1 aliphatic rings. The first kappa shape index (κ1) is 39.8. The van der Waals surface area contributed by atoms with Crippen LogP contribution in [-0.2, 0) is 24.1 Å². The first-order valence-corrected chi connectivity index (χ1v) is 18.5. The summed E-state index contributed by atoms with van der Waals surface area (Å²) in [6.45, 7) is 8.21. The number of aromatic amines is 1. The number of halogens is 1. The summed E-state index contributed by atoms with van der Waals surface area (Å²) < 4.78 is 55.3. The standard InChI is InChI=1S/C39H46FN4O8P/c1-26(2)44(27(3)4)53(50-22-10-21-41)52-34-23-36(43-24-33(40)37(45)42-38(43)46)51-35(34)25-49-39(28-11-8-7-9-12-28,29-13-17-31(47-5)18-14-29)30-15-19-32(48-6)20-16-30/h7-9,11-20,24,26-27,34-36H,10,22-23,25H2,1-6H3,(H,42,45,46). The molecule has 282 valence electrons. The maximum atomic E-state index is 14.6. The van der Waals surface area contributed by atoms with Crippen LogP contribution in [0.4, 0.5) is 4.39 Å². The van der Waals surface area contributed by atoms with Crippen LogP contribution in [0.15, 0.2) is 94.6 Å². The largest absolute Gasteiger partial charge is 0.497 e. The molecule has 1 aromatic heterocycles. The van der Waals surface area contributed by atoms with Gasteiger partial charge in [-0.05, 0) is 68.7 Å². The lowest BCUT2D eigenvalue weighted by Crippen LogP contribution is -2.39. The lowest BCUT2D eigenvalue weighted by Gasteiger charge is -2.39. The fourth-order valence-corrected chi connectivity index (χ4v) is 8.26. The Morgan fingerprint density at radius 3 is 2.04 bits per heavy atom. The van der Waals surface area contributed by atoms with Crippen molar-refractivity contribution in [2.45, 2.75) is 76.7 Å². The minimum absolute atomic E-state index is 0.0165. The number of nitriles is 1. The van der Waals surface area contributed by atoms with Crippen molar-refractivity contribution in [2.24, 2.45) is 0 Å². The molecule has 0 amide bonds. The molecule has 1 N–H and O–H groups in total. The number of aromatic nitrogens is 2. The van der Waals surface area contributed by atoms with Crippen molar-refractivity contribution in [3.63, 3.8) is 0 Å². The molecule has 3 aromatic carbocycles. The van der Waals surface area contributed by atoms with Crippen molar-refractivity contribution in [2.75, 3.05) is 27.4 Å². The van der Waals surface area contributed by atoms with Crippen LogP contribution in [0.1, 0.15) is 63.5 Å². The number of nitrogens with one attached hydrogen (secondary N) is 1. The fourth-order valence-electron chi connectivity index (χ4n) is 6.50. The summed E-state index contributed by atoms with van der Waals surface area (Å²) in [5, 5.41) is 9.26. The molecule has 53 heavy (non-hydrogen) atoms. The van der Waals surface area contributed by atoms with Gasteiger partial charge in [-0.3, -0.25) is 14.3 Å². The van der Waals surface area contributed by atoms with Crippen molar-refractivity contribution in [3.8, 4) is 17.6 Å². The van der Waals surface area contributed by atoms with Gasteiger partial charge in [0, 0.05) is 18.5 Å². The molecule has 1 fully saturated rings. The molecular formula is C39H46FN4O8P. The molecule has 5 rings (SSSR count). The molecule has 0 saturated carbocycles. The lowest BCUT2D eigenvalue weighted by molar-refractivity contribution is -0.0927. The Morgan fingerprint density at radius 2 is 1.51 bits per heavy atom. The summed E-state index contributed by atoms with van der Waals surface area (Å²) in [5.41, 5.74) is -0.711. The highest BCUT2D eigenvalue weighted by Crippen LogP contribution is 2.50. The van der Waals surface area contributed by atoms with Crippen LogP contribution in [0.25, 0.3) is 0 Å². The lowest BCUT2D eigenvalue weighted by atomic mass is 9.80. The van der Waals surface area contributed by atoms with E-state index in [1.54, 1.807) is 14.2 Å². The maximum absolute atomic E-state index is 14.6. The van der Waals surface area contributed by atoms with E-state index in [9.17, 15) is 19.2 Å². The zero-order chi connectivity index (χ0) is 38.1. The number of rotatable bonds is 17. The molecule has 0 spiro atoms. The molecule has 1 aliphatic heterocycles. The second kappa shape index (κ2) is 18.1. The number of hydrogen-bond acceptors (Lipinski definition) is 10. The number of ether oxygens (including phenoxy) is 4. The first-order chi connectivity index (χ1) is 25.5. The van der Waals surface area contributed by atoms with Crippen LogP contribution in [0, 0.1) is 17.1 Å². The third-order valence-electron chi connectivity index (χ3n) is 8.94. The molecule has 0 bridgehead atoms. The van der Waals surface area contributed by atoms with Gasteiger partial charge < -0.3 is 28.0 Å². The molecular weight excluding hydrogens is 702 g/mol. The van der Waals surface area contributed by atoms with Crippen LogP contribution in [0.2, 0.25) is 0 Å². The Bertz CT molecular complexity index is 1880.